The van der Waals surface area contributed by atoms with E-state index >= 15 is 0 Å². The zero-order chi connectivity index (χ0) is 17.8. The van der Waals surface area contributed by atoms with Crippen LogP contribution < -0.4 is 0 Å². The zero-order valence-electron chi connectivity index (χ0n) is 15.2. The SMILES string of the molecule is CC#CCC(C)[C@@H](O)/C=C/[C@H]1CCCN1CCCCCCC(=O)O. The molecule has 1 rings (SSSR count). The summed E-state index contributed by atoms with van der Waals surface area (Å²) in [4.78, 5) is 13.0. The lowest BCUT2D eigenvalue weighted by molar-refractivity contribution is -0.137. The van der Waals surface area contributed by atoms with Crippen LogP contribution in [0.4, 0.5) is 0 Å². The molecular formula is C20H33NO3. The van der Waals surface area contributed by atoms with E-state index < -0.39 is 12.1 Å². The maximum absolute atomic E-state index is 10.5. The van der Waals surface area contributed by atoms with E-state index in [0.717, 1.165) is 51.6 Å². The minimum Gasteiger partial charge on any atom is -0.481 e. The number of unbranched alkanes of at least 4 members (excludes halogenated alkanes) is 3. The fourth-order valence-corrected chi connectivity index (χ4v) is 3.11. The van der Waals surface area contributed by atoms with E-state index in [2.05, 4.69) is 22.8 Å². The van der Waals surface area contributed by atoms with Gasteiger partial charge in [-0.2, -0.15) is 0 Å². The molecule has 2 N–H and O–H groups in total. The van der Waals surface area contributed by atoms with Crippen LogP contribution in [0.2, 0.25) is 0 Å². The van der Waals surface area contributed by atoms with Gasteiger partial charge in [0.25, 0.3) is 0 Å². The number of hydrogen-bond donors (Lipinski definition) is 2. The number of nitrogens with zero attached hydrogens (tertiary/aromatic N) is 1. The van der Waals surface area contributed by atoms with E-state index in [4.69, 9.17) is 5.11 Å². The van der Waals surface area contributed by atoms with Crippen LogP contribution in [0, 0.1) is 17.8 Å². The minimum absolute atomic E-state index is 0.165. The predicted octanol–water partition coefficient (Wildman–Crippen LogP) is 3.45. The predicted molar refractivity (Wildman–Crippen MR) is 97.7 cm³/mol. The third kappa shape index (κ3) is 8.52. The van der Waals surface area contributed by atoms with Crippen LogP contribution in [0.5, 0.6) is 0 Å². The maximum Gasteiger partial charge on any atom is 0.303 e. The van der Waals surface area contributed by atoms with E-state index in [0.29, 0.717) is 6.04 Å². The second-order valence-corrected chi connectivity index (χ2v) is 6.79. The number of carboxylic acid groups (broad SMARTS) is 1. The number of rotatable bonds is 11. The van der Waals surface area contributed by atoms with E-state index in [1.807, 2.05) is 19.9 Å². The minimum atomic E-state index is -0.697. The molecule has 0 bridgehead atoms. The van der Waals surface area contributed by atoms with Crippen molar-refractivity contribution in [2.75, 3.05) is 13.1 Å². The van der Waals surface area contributed by atoms with Crippen LogP contribution in [-0.2, 0) is 4.79 Å². The van der Waals surface area contributed by atoms with Crippen molar-refractivity contribution in [3.8, 4) is 11.8 Å². The van der Waals surface area contributed by atoms with Crippen LogP contribution in [0.25, 0.3) is 0 Å². The average molecular weight is 335 g/mol. The van der Waals surface area contributed by atoms with Crippen molar-refractivity contribution in [3.05, 3.63) is 12.2 Å². The lowest BCUT2D eigenvalue weighted by Crippen LogP contribution is -2.29. The molecule has 0 aromatic carbocycles. The first-order chi connectivity index (χ1) is 11.5. The van der Waals surface area contributed by atoms with Gasteiger partial charge in [-0.1, -0.05) is 31.9 Å². The molecule has 1 fully saturated rings. The Morgan fingerprint density at radius 3 is 2.79 bits per heavy atom. The number of aliphatic carboxylic acids is 1. The molecule has 0 spiro atoms. The summed E-state index contributed by atoms with van der Waals surface area (Å²) in [6, 6.07) is 0.433. The van der Waals surface area contributed by atoms with Gasteiger partial charge < -0.3 is 10.2 Å². The Morgan fingerprint density at radius 1 is 1.33 bits per heavy atom. The number of carboxylic acids is 1. The molecule has 0 saturated carbocycles. The van der Waals surface area contributed by atoms with Gasteiger partial charge >= 0.3 is 5.97 Å². The van der Waals surface area contributed by atoms with Gasteiger partial charge in [-0.05, 0) is 51.6 Å². The van der Waals surface area contributed by atoms with E-state index in [-0.39, 0.29) is 12.3 Å². The Hall–Kier alpha value is -1.31. The van der Waals surface area contributed by atoms with Gasteiger partial charge in [-0.25, -0.2) is 0 Å². The summed E-state index contributed by atoms with van der Waals surface area (Å²) in [5, 5.41) is 18.8. The molecule has 1 unspecified atom stereocenters. The molecule has 1 aliphatic rings. The third-order valence-electron chi connectivity index (χ3n) is 4.71. The molecule has 1 heterocycles. The average Bonchev–Trinajstić information content (AvgIpc) is 3.00. The molecular weight excluding hydrogens is 302 g/mol. The summed E-state index contributed by atoms with van der Waals surface area (Å²) in [7, 11) is 0. The quantitative estimate of drug-likeness (QED) is 0.345. The van der Waals surface area contributed by atoms with Crippen LogP contribution in [-0.4, -0.2) is 46.3 Å². The normalized spacial score (nSPS) is 20.7. The Balaban J connectivity index is 2.27. The van der Waals surface area contributed by atoms with E-state index in [1.54, 1.807) is 0 Å². The van der Waals surface area contributed by atoms with Crippen LogP contribution in [0.1, 0.15) is 65.2 Å². The van der Waals surface area contributed by atoms with Gasteiger partial charge in [0, 0.05) is 18.9 Å². The molecule has 1 saturated heterocycles. The topological polar surface area (TPSA) is 60.8 Å². The second-order valence-electron chi connectivity index (χ2n) is 6.79. The van der Waals surface area contributed by atoms with Gasteiger partial charge in [-0.3, -0.25) is 9.69 Å². The Bertz CT molecular complexity index is 450. The van der Waals surface area contributed by atoms with Crippen molar-refractivity contribution in [2.24, 2.45) is 5.92 Å². The molecule has 0 aliphatic carbocycles. The van der Waals surface area contributed by atoms with Gasteiger partial charge in [0.05, 0.1) is 6.10 Å². The van der Waals surface area contributed by atoms with Gasteiger partial charge in [-0.15, -0.1) is 11.8 Å². The summed E-state index contributed by atoms with van der Waals surface area (Å²) in [5.74, 6) is 5.37. The van der Waals surface area contributed by atoms with Crippen molar-refractivity contribution >= 4 is 5.97 Å². The van der Waals surface area contributed by atoms with Crippen molar-refractivity contribution in [3.63, 3.8) is 0 Å². The molecule has 0 aromatic heterocycles. The fraction of sp³-hybridized carbons (Fsp3) is 0.750. The largest absolute Gasteiger partial charge is 0.481 e. The molecule has 0 radical (unpaired) electrons. The Morgan fingerprint density at radius 2 is 2.08 bits per heavy atom. The van der Waals surface area contributed by atoms with Crippen molar-refractivity contribution in [1.29, 1.82) is 0 Å². The second kappa shape index (κ2) is 12.1. The highest BCUT2D eigenvalue weighted by molar-refractivity contribution is 5.66. The highest BCUT2D eigenvalue weighted by atomic mass is 16.4. The molecule has 24 heavy (non-hydrogen) atoms. The molecule has 4 heteroatoms. The van der Waals surface area contributed by atoms with Crippen LogP contribution >= 0.6 is 0 Å². The molecule has 136 valence electrons. The zero-order valence-corrected chi connectivity index (χ0v) is 15.2. The molecule has 0 amide bonds. The van der Waals surface area contributed by atoms with E-state index in [1.165, 1.54) is 6.42 Å². The summed E-state index contributed by atoms with van der Waals surface area (Å²) in [6.45, 7) is 6.04. The lowest BCUT2D eigenvalue weighted by atomic mass is 10.00. The van der Waals surface area contributed by atoms with Crippen molar-refractivity contribution < 1.29 is 15.0 Å². The summed E-state index contributed by atoms with van der Waals surface area (Å²) >= 11 is 0. The third-order valence-corrected chi connectivity index (χ3v) is 4.71. The number of likely N-dealkylation sites (tertiary alicyclic amines) is 1. The number of carbonyl (C=O) groups is 1. The molecule has 1 aliphatic heterocycles. The first-order valence-electron chi connectivity index (χ1n) is 9.26. The first-order valence-corrected chi connectivity index (χ1v) is 9.26. The van der Waals surface area contributed by atoms with Crippen molar-refractivity contribution in [1.82, 2.24) is 4.90 Å². The molecule has 0 aromatic rings. The number of hydrogen-bond acceptors (Lipinski definition) is 3. The van der Waals surface area contributed by atoms with Gasteiger partial charge in [0.2, 0.25) is 0 Å². The summed E-state index contributed by atoms with van der Waals surface area (Å²) in [5.41, 5.74) is 0. The standard InChI is InChI=1S/C20H33NO3/c1-3-4-10-17(2)19(22)14-13-18-11-9-16-21(18)15-8-6-5-7-12-20(23)24/h13-14,17-19,22H,5-12,15-16H2,1-2H3,(H,23,24)/b14-13+/t17?,18-,19+/m1/s1. The highest BCUT2D eigenvalue weighted by Crippen LogP contribution is 2.20. The molecule has 3 atom stereocenters. The maximum atomic E-state index is 10.5. The highest BCUT2D eigenvalue weighted by Gasteiger charge is 2.22. The van der Waals surface area contributed by atoms with Crippen LogP contribution in [0.15, 0.2) is 12.2 Å². The van der Waals surface area contributed by atoms with Crippen molar-refractivity contribution in [2.45, 2.75) is 77.4 Å². The Kier molecular flexibility index (Phi) is 10.5. The Labute approximate surface area is 146 Å². The molecule has 4 nitrogen and oxygen atoms in total. The fourth-order valence-electron chi connectivity index (χ4n) is 3.11. The first kappa shape index (κ1) is 20.7. The summed E-state index contributed by atoms with van der Waals surface area (Å²) in [6.07, 6.45) is 11.1. The summed E-state index contributed by atoms with van der Waals surface area (Å²) < 4.78 is 0. The van der Waals surface area contributed by atoms with Gasteiger partial charge in [0.15, 0.2) is 0 Å². The van der Waals surface area contributed by atoms with E-state index in [9.17, 15) is 9.90 Å². The number of aliphatic hydroxyl groups excluding tert-OH is 1. The smallest absolute Gasteiger partial charge is 0.303 e. The lowest BCUT2D eigenvalue weighted by Gasteiger charge is -2.22. The number of aliphatic hydroxyl groups is 1. The monoisotopic (exact) mass is 335 g/mol. The van der Waals surface area contributed by atoms with Gasteiger partial charge in [0.1, 0.15) is 0 Å². The van der Waals surface area contributed by atoms with Crippen LogP contribution in [0.3, 0.4) is 0 Å².